The Hall–Kier alpha value is -1.27. The molecule has 1 fully saturated rings. The zero-order valence-electron chi connectivity index (χ0n) is 9.64. The lowest BCUT2D eigenvalue weighted by atomic mass is 9.96. The number of likely N-dealkylation sites (tertiary alicyclic amines) is 1. The highest BCUT2D eigenvalue weighted by atomic mass is 32.1. The Kier molecular flexibility index (Phi) is 3.54. The molecule has 92 valence electrons. The molecule has 5 nitrogen and oxygen atoms in total. The van der Waals surface area contributed by atoms with Gasteiger partial charge in [-0.1, -0.05) is 12.2 Å². The first-order valence-corrected chi connectivity index (χ1v) is 6.00. The molecule has 17 heavy (non-hydrogen) atoms. The van der Waals surface area contributed by atoms with E-state index in [0.29, 0.717) is 10.5 Å². The van der Waals surface area contributed by atoms with Crippen molar-refractivity contribution in [1.29, 1.82) is 0 Å². The lowest BCUT2D eigenvalue weighted by molar-refractivity contribution is 0.0689. The van der Waals surface area contributed by atoms with Gasteiger partial charge in [-0.3, -0.25) is 0 Å². The molecule has 0 bridgehead atoms. The third-order valence-electron chi connectivity index (χ3n) is 3.10. The van der Waals surface area contributed by atoms with Crippen LogP contribution in [0.15, 0.2) is 6.07 Å². The van der Waals surface area contributed by atoms with Gasteiger partial charge < -0.3 is 15.0 Å². The maximum Gasteiger partial charge on any atom is 0.352 e. The summed E-state index contributed by atoms with van der Waals surface area (Å²) in [6, 6.07) is 1.39. The molecule has 1 aromatic heterocycles. The summed E-state index contributed by atoms with van der Waals surface area (Å²) in [4.78, 5) is 20.3. The zero-order chi connectivity index (χ0) is 12.4. The van der Waals surface area contributed by atoms with E-state index in [1.807, 2.05) is 0 Å². The number of H-pyrrole nitrogens is 1. The Morgan fingerprint density at radius 2 is 2.24 bits per heavy atom. The quantitative estimate of drug-likeness (QED) is 0.784. The number of carboxylic acids is 1. The fourth-order valence-electron chi connectivity index (χ4n) is 2.07. The van der Waals surface area contributed by atoms with Crippen LogP contribution in [0, 0.1) is 4.64 Å². The summed E-state index contributed by atoms with van der Waals surface area (Å²) >= 11 is 4.99. The number of piperidine rings is 1. The first kappa shape index (κ1) is 12.2. The van der Waals surface area contributed by atoms with Gasteiger partial charge in [-0.15, -0.1) is 0 Å². The Labute approximate surface area is 104 Å². The largest absolute Gasteiger partial charge is 0.477 e. The zero-order valence-corrected chi connectivity index (χ0v) is 10.5. The fourth-order valence-corrected chi connectivity index (χ4v) is 2.28. The maximum atomic E-state index is 10.9. The molecule has 2 rings (SSSR count). The number of aromatic nitrogens is 2. The second-order valence-corrected chi connectivity index (χ2v) is 4.82. The van der Waals surface area contributed by atoms with E-state index in [0.717, 1.165) is 25.9 Å². The molecule has 0 saturated carbocycles. The van der Waals surface area contributed by atoms with Crippen molar-refractivity contribution in [2.24, 2.45) is 0 Å². The molecule has 2 N–H and O–H groups in total. The summed E-state index contributed by atoms with van der Waals surface area (Å²) in [6.45, 7) is 2.01. The molecule has 2 heterocycles. The predicted molar refractivity (Wildman–Crippen MR) is 65.9 cm³/mol. The number of carboxylic acid groups (broad SMARTS) is 1. The van der Waals surface area contributed by atoms with E-state index in [-0.39, 0.29) is 11.6 Å². The van der Waals surface area contributed by atoms with Gasteiger partial charge in [0.05, 0.1) is 0 Å². The number of aromatic carboxylic acids is 1. The van der Waals surface area contributed by atoms with Crippen LogP contribution in [-0.2, 0) is 0 Å². The lowest BCUT2D eigenvalue weighted by Crippen LogP contribution is -2.30. The van der Waals surface area contributed by atoms with E-state index in [1.165, 1.54) is 6.07 Å². The second-order valence-electron chi connectivity index (χ2n) is 4.40. The predicted octanol–water partition coefficient (Wildman–Crippen LogP) is 1.65. The first-order chi connectivity index (χ1) is 8.06. The third kappa shape index (κ3) is 2.89. The number of rotatable bonds is 2. The number of nitrogens with zero attached hydrogens (tertiary/aromatic N) is 2. The van der Waals surface area contributed by atoms with Crippen LogP contribution in [0.3, 0.4) is 0 Å². The van der Waals surface area contributed by atoms with Crippen LogP contribution in [0.5, 0.6) is 0 Å². The third-order valence-corrected chi connectivity index (χ3v) is 3.31. The monoisotopic (exact) mass is 253 g/mol. The fraction of sp³-hybridized carbons (Fsp3) is 0.545. The molecule has 0 amide bonds. The lowest BCUT2D eigenvalue weighted by Gasteiger charge is -2.28. The van der Waals surface area contributed by atoms with Crippen molar-refractivity contribution < 1.29 is 9.90 Å². The highest BCUT2D eigenvalue weighted by Gasteiger charge is 2.21. The van der Waals surface area contributed by atoms with Crippen molar-refractivity contribution in [3.63, 3.8) is 0 Å². The molecule has 0 aliphatic carbocycles. The Balaban J connectivity index is 2.26. The summed E-state index contributed by atoms with van der Waals surface area (Å²) in [5, 5.41) is 8.96. The van der Waals surface area contributed by atoms with E-state index in [4.69, 9.17) is 17.3 Å². The van der Waals surface area contributed by atoms with Crippen LogP contribution in [0.1, 0.15) is 35.1 Å². The van der Waals surface area contributed by atoms with E-state index in [1.54, 1.807) is 0 Å². The van der Waals surface area contributed by atoms with Gasteiger partial charge in [0.15, 0.2) is 0 Å². The van der Waals surface area contributed by atoms with Crippen LogP contribution < -0.4 is 0 Å². The number of hydrogen-bond acceptors (Lipinski definition) is 4. The number of hydrogen-bond donors (Lipinski definition) is 2. The van der Waals surface area contributed by atoms with Gasteiger partial charge in [0.25, 0.3) is 0 Å². The molecule has 1 aromatic rings. The topological polar surface area (TPSA) is 69.2 Å². The van der Waals surface area contributed by atoms with E-state index < -0.39 is 5.97 Å². The normalized spacial score (nSPS) is 18.2. The number of nitrogens with one attached hydrogen (secondary N) is 1. The molecular formula is C11H15N3O2S. The summed E-state index contributed by atoms with van der Waals surface area (Å²) in [5.74, 6) is 0.00266. The van der Waals surface area contributed by atoms with Gasteiger partial charge in [0, 0.05) is 12.0 Å². The molecule has 1 aliphatic rings. The van der Waals surface area contributed by atoms with Gasteiger partial charge in [0.2, 0.25) is 0 Å². The molecular weight excluding hydrogens is 238 g/mol. The van der Waals surface area contributed by atoms with Gasteiger partial charge in [0.1, 0.15) is 16.2 Å². The van der Waals surface area contributed by atoms with Crippen molar-refractivity contribution in [1.82, 2.24) is 14.9 Å². The van der Waals surface area contributed by atoms with Crippen molar-refractivity contribution in [3.8, 4) is 0 Å². The average molecular weight is 253 g/mol. The maximum absolute atomic E-state index is 10.9. The van der Waals surface area contributed by atoms with Crippen molar-refractivity contribution in [2.75, 3.05) is 20.1 Å². The Morgan fingerprint density at radius 3 is 2.82 bits per heavy atom. The van der Waals surface area contributed by atoms with E-state index >= 15 is 0 Å². The smallest absolute Gasteiger partial charge is 0.352 e. The molecule has 0 atom stereocenters. The highest BCUT2D eigenvalue weighted by molar-refractivity contribution is 7.71. The molecule has 0 radical (unpaired) electrons. The minimum absolute atomic E-state index is 0.124. The van der Waals surface area contributed by atoms with Crippen LogP contribution in [-0.4, -0.2) is 46.1 Å². The van der Waals surface area contributed by atoms with Crippen molar-refractivity contribution >= 4 is 18.2 Å². The molecule has 0 aromatic carbocycles. The minimum Gasteiger partial charge on any atom is -0.477 e. The van der Waals surface area contributed by atoms with Gasteiger partial charge in [-0.2, -0.15) is 0 Å². The van der Waals surface area contributed by atoms with Crippen LogP contribution in [0.25, 0.3) is 0 Å². The van der Waals surface area contributed by atoms with Gasteiger partial charge in [-0.25, -0.2) is 9.78 Å². The molecule has 0 spiro atoms. The SMILES string of the molecule is CN1CCC(c2nc(=S)cc(C(=O)O)[nH]2)CC1. The summed E-state index contributed by atoms with van der Waals surface area (Å²) in [7, 11) is 2.08. The summed E-state index contributed by atoms with van der Waals surface area (Å²) in [6.07, 6.45) is 1.97. The Morgan fingerprint density at radius 1 is 1.59 bits per heavy atom. The van der Waals surface area contributed by atoms with E-state index in [9.17, 15) is 4.79 Å². The molecule has 6 heteroatoms. The number of carbonyl (C=O) groups is 1. The molecule has 1 saturated heterocycles. The summed E-state index contributed by atoms with van der Waals surface area (Å²) in [5.41, 5.74) is 0.124. The second kappa shape index (κ2) is 4.93. The first-order valence-electron chi connectivity index (χ1n) is 5.59. The average Bonchev–Trinajstić information content (AvgIpc) is 2.29. The van der Waals surface area contributed by atoms with Gasteiger partial charge in [-0.05, 0) is 33.0 Å². The molecule has 1 aliphatic heterocycles. The number of aromatic amines is 1. The van der Waals surface area contributed by atoms with Crippen LogP contribution in [0.2, 0.25) is 0 Å². The minimum atomic E-state index is -0.993. The van der Waals surface area contributed by atoms with Crippen LogP contribution >= 0.6 is 12.2 Å². The van der Waals surface area contributed by atoms with Crippen molar-refractivity contribution in [3.05, 3.63) is 22.2 Å². The summed E-state index contributed by atoms with van der Waals surface area (Å²) < 4.78 is 0.343. The standard InChI is InChI=1S/C11H15N3O2S/c1-14-4-2-7(3-5-14)10-12-8(11(15)16)6-9(17)13-10/h6-7H,2-5H2,1H3,(H,15,16)(H,12,13,17). The van der Waals surface area contributed by atoms with Gasteiger partial charge >= 0.3 is 5.97 Å². The van der Waals surface area contributed by atoms with E-state index in [2.05, 4.69) is 21.9 Å². The molecule has 0 unspecified atom stereocenters. The highest BCUT2D eigenvalue weighted by Crippen LogP contribution is 2.24. The van der Waals surface area contributed by atoms with Crippen LogP contribution in [0.4, 0.5) is 0 Å². The Bertz CT molecular complexity index is 478. The van der Waals surface area contributed by atoms with Crippen molar-refractivity contribution in [2.45, 2.75) is 18.8 Å².